The summed E-state index contributed by atoms with van der Waals surface area (Å²) in [5.74, 6) is 0.308. The number of rotatable bonds is 10. The molecule has 0 fully saturated rings. The van der Waals surface area contributed by atoms with Crippen molar-refractivity contribution in [1.82, 2.24) is 16.0 Å². The maximum absolute atomic E-state index is 13.8. The molecule has 170 valence electrons. The van der Waals surface area contributed by atoms with Gasteiger partial charge in [0.2, 0.25) is 0 Å². The predicted molar refractivity (Wildman–Crippen MR) is 131 cm³/mol. The summed E-state index contributed by atoms with van der Waals surface area (Å²) in [5.41, 5.74) is 0.476. The van der Waals surface area contributed by atoms with E-state index in [1.165, 1.54) is 18.2 Å². The number of nitrogens with zero attached hydrogens (tertiary/aromatic N) is 1. The van der Waals surface area contributed by atoms with Crippen molar-refractivity contribution in [3.05, 3.63) is 59.9 Å². The van der Waals surface area contributed by atoms with Crippen LogP contribution in [-0.4, -0.2) is 49.3 Å². The maximum atomic E-state index is 13.8. The monoisotopic (exact) mass is 544 g/mol. The van der Waals surface area contributed by atoms with E-state index in [-0.39, 0.29) is 47.5 Å². The minimum Gasteiger partial charge on any atom is -0.508 e. The number of carbonyl (C=O) groups excluding carboxylic acids is 1. The highest BCUT2D eigenvalue weighted by molar-refractivity contribution is 14.0. The molecule has 9 heteroatoms. The third kappa shape index (κ3) is 9.41. The van der Waals surface area contributed by atoms with Crippen LogP contribution in [0.25, 0.3) is 0 Å². The minimum atomic E-state index is -0.394. The molecule has 1 atom stereocenters. The molecule has 0 spiro atoms. The Morgan fingerprint density at radius 2 is 1.74 bits per heavy atom. The second kappa shape index (κ2) is 14.4. The number of phenols is 1. The molecule has 0 heterocycles. The summed E-state index contributed by atoms with van der Waals surface area (Å²) in [5, 5.41) is 18.4. The highest BCUT2D eigenvalue weighted by Gasteiger charge is 2.11. The Labute approximate surface area is 199 Å². The molecule has 1 amide bonds. The van der Waals surface area contributed by atoms with Gasteiger partial charge in [-0.2, -0.15) is 0 Å². The van der Waals surface area contributed by atoms with Gasteiger partial charge in [0.25, 0.3) is 5.91 Å². The molecule has 2 aromatic carbocycles. The third-order valence-corrected chi connectivity index (χ3v) is 4.22. The van der Waals surface area contributed by atoms with Gasteiger partial charge in [-0.15, -0.1) is 24.0 Å². The smallest absolute Gasteiger partial charge is 0.251 e. The van der Waals surface area contributed by atoms with Gasteiger partial charge in [0.1, 0.15) is 11.9 Å². The summed E-state index contributed by atoms with van der Waals surface area (Å²) in [6.45, 7) is 5.82. The number of amides is 1. The number of benzene rings is 2. The number of hydrogen-bond donors (Lipinski definition) is 4. The van der Waals surface area contributed by atoms with Crippen LogP contribution in [0.3, 0.4) is 0 Å². The van der Waals surface area contributed by atoms with Crippen molar-refractivity contribution in [2.24, 2.45) is 4.99 Å². The van der Waals surface area contributed by atoms with E-state index in [0.717, 1.165) is 0 Å². The Bertz CT molecular complexity index is 834. The van der Waals surface area contributed by atoms with Crippen LogP contribution in [0.5, 0.6) is 11.5 Å². The van der Waals surface area contributed by atoms with Crippen molar-refractivity contribution in [2.45, 2.75) is 26.4 Å². The Morgan fingerprint density at radius 1 is 1.06 bits per heavy atom. The molecule has 0 aliphatic rings. The van der Waals surface area contributed by atoms with Crippen molar-refractivity contribution in [3.63, 3.8) is 0 Å². The average Bonchev–Trinajstić information content (AvgIpc) is 2.75. The molecule has 1 unspecified atom stereocenters. The largest absolute Gasteiger partial charge is 0.508 e. The lowest BCUT2D eigenvalue weighted by atomic mass is 10.2. The van der Waals surface area contributed by atoms with Gasteiger partial charge in [-0.1, -0.05) is 19.1 Å². The second-order valence-electron chi connectivity index (χ2n) is 6.53. The molecule has 0 aliphatic heterocycles. The van der Waals surface area contributed by atoms with Gasteiger partial charge >= 0.3 is 0 Å². The number of halogens is 2. The molecule has 0 aromatic heterocycles. The van der Waals surface area contributed by atoms with Gasteiger partial charge in [0.05, 0.1) is 6.54 Å². The van der Waals surface area contributed by atoms with Crippen molar-refractivity contribution >= 4 is 35.8 Å². The molecule has 0 saturated heterocycles. The van der Waals surface area contributed by atoms with Crippen LogP contribution in [0.15, 0.2) is 53.5 Å². The van der Waals surface area contributed by atoms with Crippen LogP contribution >= 0.6 is 24.0 Å². The van der Waals surface area contributed by atoms with E-state index in [1.807, 2.05) is 13.8 Å². The lowest BCUT2D eigenvalue weighted by Gasteiger charge is -2.17. The Hall–Kier alpha value is -2.56. The van der Waals surface area contributed by atoms with E-state index in [9.17, 15) is 14.3 Å². The topological polar surface area (TPSA) is 95.0 Å². The average molecular weight is 544 g/mol. The fourth-order valence-corrected chi connectivity index (χ4v) is 2.58. The fraction of sp³-hybridized carbons (Fsp3) is 0.364. The predicted octanol–water partition coefficient (Wildman–Crippen LogP) is 3.29. The van der Waals surface area contributed by atoms with Gasteiger partial charge in [0.15, 0.2) is 17.5 Å². The van der Waals surface area contributed by atoms with E-state index in [4.69, 9.17) is 4.74 Å². The van der Waals surface area contributed by atoms with Crippen LogP contribution in [0.1, 0.15) is 30.6 Å². The quantitative estimate of drug-likeness (QED) is 0.160. The van der Waals surface area contributed by atoms with E-state index in [0.29, 0.717) is 44.1 Å². The zero-order valence-electron chi connectivity index (χ0n) is 17.7. The first-order valence-corrected chi connectivity index (χ1v) is 10.0. The SMILES string of the molecule is CCNC(=NCC(CC)Oc1ccccc1F)NCCNC(=O)c1ccc(O)cc1.I. The number of guanidine groups is 1. The summed E-state index contributed by atoms with van der Waals surface area (Å²) in [6.07, 6.45) is 0.423. The Morgan fingerprint density at radius 3 is 2.39 bits per heavy atom. The number of phenolic OH excluding ortho intramolecular Hbond substituents is 1. The van der Waals surface area contributed by atoms with Gasteiger partial charge in [0, 0.05) is 25.2 Å². The summed E-state index contributed by atoms with van der Waals surface area (Å²) in [4.78, 5) is 16.6. The van der Waals surface area contributed by atoms with Gasteiger partial charge in [-0.25, -0.2) is 9.38 Å². The molecular formula is C22H30FIN4O3. The minimum absolute atomic E-state index is 0. The van der Waals surface area contributed by atoms with Crippen LogP contribution in [0.2, 0.25) is 0 Å². The van der Waals surface area contributed by atoms with Crippen LogP contribution < -0.4 is 20.7 Å². The number of hydrogen-bond acceptors (Lipinski definition) is 4. The zero-order chi connectivity index (χ0) is 21.8. The Balaban J connectivity index is 0.00000480. The number of carbonyl (C=O) groups is 1. The van der Waals surface area contributed by atoms with Crippen LogP contribution in [0.4, 0.5) is 4.39 Å². The highest BCUT2D eigenvalue weighted by atomic mass is 127. The number of aliphatic imine (C=N–C) groups is 1. The van der Waals surface area contributed by atoms with Gasteiger partial charge in [-0.3, -0.25) is 4.79 Å². The highest BCUT2D eigenvalue weighted by Crippen LogP contribution is 2.18. The molecule has 0 radical (unpaired) electrons. The molecule has 31 heavy (non-hydrogen) atoms. The summed E-state index contributed by atoms with van der Waals surface area (Å²) in [7, 11) is 0. The van der Waals surface area contributed by atoms with Crippen LogP contribution in [0, 0.1) is 5.82 Å². The van der Waals surface area contributed by atoms with Crippen molar-refractivity contribution in [3.8, 4) is 11.5 Å². The number of ether oxygens (including phenoxy) is 1. The first-order valence-electron chi connectivity index (χ1n) is 10.0. The first-order chi connectivity index (χ1) is 14.5. The molecule has 7 nitrogen and oxygen atoms in total. The van der Waals surface area contributed by atoms with Crippen molar-refractivity contribution < 1.29 is 19.0 Å². The lowest BCUT2D eigenvalue weighted by molar-refractivity contribution is 0.0954. The second-order valence-corrected chi connectivity index (χ2v) is 6.53. The normalized spacial score (nSPS) is 11.8. The summed E-state index contributed by atoms with van der Waals surface area (Å²) >= 11 is 0. The molecule has 0 aliphatic carbocycles. The molecule has 2 aromatic rings. The lowest BCUT2D eigenvalue weighted by Crippen LogP contribution is -2.42. The van der Waals surface area contributed by atoms with E-state index in [2.05, 4.69) is 20.9 Å². The van der Waals surface area contributed by atoms with Crippen molar-refractivity contribution in [2.75, 3.05) is 26.2 Å². The van der Waals surface area contributed by atoms with Gasteiger partial charge < -0.3 is 25.8 Å². The maximum Gasteiger partial charge on any atom is 0.251 e. The first kappa shape index (κ1) is 26.5. The number of para-hydroxylation sites is 1. The molecule has 0 saturated carbocycles. The number of nitrogens with one attached hydrogen (secondary N) is 3. The third-order valence-electron chi connectivity index (χ3n) is 4.22. The van der Waals surface area contributed by atoms with Gasteiger partial charge in [-0.05, 0) is 49.7 Å². The van der Waals surface area contributed by atoms with E-state index in [1.54, 1.807) is 30.3 Å². The standard InChI is InChI=1S/C22H29FN4O3.HI/c1-3-18(30-20-8-6-5-7-19(20)23)15-27-22(24-4-2)26-14-13-25-21(29)16-9-11-17(28)12-10-16;/h5-12,18,28H,3-4,13-15H2,1-2H3,(H,25,29)(H2,24,26,27);1H. The number of aromatic hydroxyl groups is 1. The summed E-state index contributed by atoms with van der Waals surface area (Å²) < 4.78 is 19.5. The molecule has 2 rings (SSSR count). The van der Waals surface area contributed by atoms with E-state index >= 15 is 0 Å². The van der Waals surface area contributed by atoms with Crippen LogP contribution in [-0.2, 0) is 0 Å². The van der Waals surface area contributed by atoms with E-state index < -0.39 is 5.82 Å². The zero-order valence-corrected chi connectivity index (χ0v) is 20.1. The molecule has 0 bridgehead atoms. The van der Waals surface area contributed by atoms with Crippen molar-refractivity contribution in [1.29, 1.82) is 0 Å². The molecular weight excluding hydrogens is 514 g/mol. The summed E-state index contributed by atoms with van der Waals surface area (Å²) in [6, 6.07) is 12.4. The fourth-order valence-electron chi connectivity index (χ4n) is 2.58. The molecule has 4 N–H and O–H groups in total. The Kier molecular flexibility index (Phi) is 12.3.